The second kappa shape index (κ2) is 9.50. The number of guanidine groups is 1. The molecule has 0 radical (unpaired) electrons. The van der Waals surface area contributed by atoms with Crippen LogP contribution >= 0.6 is 35.3 Å². The van der Waals surface area contributed by atoms with Crippen LogP contribution in [0.4, 0.5) is 0 Å². The van der Waals surface area contributed by atoms with Crippen molar-refractivity contribution in [1.82, 2.24) is 15.2 Å². The van der Waals surface area contributed by atoms with Crippen molar-refractivity contribution >= 4 is 51.1 Å². The average molecular weight is 500 g/mol. The highest BCUT2D eigenvalue weighted by molar-refractivity contribution is 14.0. The van der Waals surface area contributed by atoms with Crippen molar-refractivity contribution in [1.29, 1.82) is 0 Å². The highest BCUT2D eigenvalue weighted by Gasteiger charge is 2.40. The highest BCUT2D eigenvalue weighted by atomic mass is 127. The summed E-state index contributed by atoms with van der Waals surface area (Å²) in [7, 11) is -3.03. The van der Waals surface area contributed by atoms with Crippen LogP contribution in [0.1, 0.15) is 37.9 Å². The zero-order valence-corrected chi connectivity index (χ0v) is 19.4. The van der Waals surface area contributed by atoms with Gasteiger partial charge in [0.2, 0.25) is 0 Å². The summed E-state index contributed by atoms with van der Waals surface area (Å²) < 4.78 is 23.6. The molecule has 1 aliphatic heterocycles. The Morgan fingerprint density at radius 1 is 1.48 bits per heavy atom. The van der Waals surface area contributed by atoms with Gasteiger partial charge in [-0.25, -0.2) is 13.4 Å². The Labute approximate surface area is 172 Å². The Hall–Kier alpha value is -0.420. The molecular weight excluding hydrogens is 471 g/mol. The molecule has 1 saturated heterocycles. The Balaban J connectivity index is 0.00000312. The van der Waals surface area contributed by atoms with E-state index >= 15 is 0 Å². The molecule has 0 unspecified atom stereocenters. The topological polar surface area (TPSA) is 74.7 Å². The molecule has 1 aliphatic rings. The molecule has 6 nitrogen and oxygen atoms in total. The van der Waals surface area contributed by atoms with Crippen molar-refractivity contribution in [2.75, 3.05) is 31.9 Å². The van der Waals surface area contributed by atoms with Gasteiger partial charge in [-0.2, -0.15) is 0 Å². The van der Waals surface area contributed by atoms with E-state index in [0.717, 1.165) is 36.0 Å². The van der Waals surface area contributed by atoms with Crippen LogP contribution in [0.15, 0.2) is 10.4 Å². The quantitative estimate of drug-likeness (QED) is 0.291. The predicted octanol–water partition coefficient (Wildman–Crippen LogP) is 2.48. The molecule has 2 heterocycles. The van der Waals surface area contributed by atoms with Crippen LogP contribution in [0.25, 0.3) is 0 Å². The molecule has 2 rings (SSSR count). The minimum Gasteiger partial charge on any atom is -0.357 e. The third-order valence-corrected chi connectivity index (χ3v) is 7.71. The monoisotopic (exact) mass is 500 g/mol. The number of aryl methyl sites for hydroxylation is 2. The number of nitrogens with zero attached hydrogens (tertiary/aromatic N) is 3. The fraction of sp³-hybridized carbons (Fsp3) is 0.750. The molecule has 0 atom stereocenters. The fourth-order valence-corrected chi connectivity index (χ4v) is 4.87. The summed E-state index contributed by atoms with van der Waals surface area (Å²) >= 11 is 1.69. The summed E-state index contributed by atoms with van der Waals surface area (Å²) in [5.41, 5.74) is 1.07. The van der Waals surface area contributed by atoms with Crippen LogP contribution in [0, 0.1) is 6.92 Å². The number of hydrogen-bond acceptors (Lipinski definition) is 5. The van der Waals surface area contributed by atoms with Gasteiger partial charge in [0.1, 0.15) is 0 Å². The number of sulfone groups is 1. The number of halogens is 1. The van der Waals surface area contributed by atoms with Crippen LogP contribution in [0.2, 0.25) is 0 Å². The summed E-state index contributed by atoms with van der Waals surface area (Å²) in [4.78, 5) is 11.2. The smallest absolute Gasteiger partial charge is 0.193 e. The maximum Gasteiger partial charge on any atom is 0.193 e. The molecular formula is C16H29IN4O2S2. The van der Waals surface area contributed by atoms with E-state index in [1.165, 1.54) is 0 Å². The summed E-state index contributed by atoms with van der Waals surface area (Å²) in [6.45, 7) is 10.1. The van der Waals surface area contributed by atoms with Gasteiger partial charge in [0, 0.05) is 43.7 Å². The van der Waals surface area contributed by atoms with Crippen LogP contribution in [0.5, 0.6) is 0 Å². The molecule has 0 spiro atoms. The summed E-state index contributed by atoms with van der Waals surface area (Å²) in [6.07, 6.45) is 1.87. The molecule has 1 aromatic heterocycles. The minimum absolute atomic E-state index is 0. The predicted molar refractivity (Wildman–Crippen MR) is 116 cm³/mol. The van der Waals surface area contributed by atoms with Gasteiger partial charge in [-0.15, -0.1) is 35.3 Å². The Kier molecular flexibility index (Phi) is 8.59. The highest BCUT2D eigenvalue weighted by Crippen LogP contribution is 2.23. The number of aliphatic imine (C=N–C) groups is 1. The van der Waals surface area contributed by atoms with E-state index in [-0.39, 0.29) is 29.7 Å². The number of hydrogen-bond donors (Lipinski definition) is 1. The van der Waals surface area contributed by atoms with Gasteiger partial charge >= 0.3 is 0 Å². The Morgan fingerprint density at radius 2 is 2.20 bits per heavy atom. The lowest BCUT2D eigenvalue weighted by atomic mass is 10.2. The van der Waals surface area contributed by atoms with Crippen LogP contribution < -0.4 is 5.32 Å². The lowest BCUT2D eigenvalue weighted by Crippen LogP contribution is -2.57. The van der Waals surface area contributed by atoms with Gasteiger partial charge in [-0.3, -0.25) is 4.99 Å². The van der Waals surface area contributed by atoms with Crippen molar-refractivity contribution in [3.05, 3.63) is 16.1 Å². The summed E-state index contributed by atoms with van der Waals surface area (Å²) in [5, 5.41) is 6.51. The zero-order valence-electron chi connectivity index (χ0n) is 15.4. The first-order chi connectivity index (χ1) is 11.2. The van der Waals surface area contributed by atoms with Gasteiger partial charge in [0.05, 0.1) is 15.5 Å². The number of rotatable bonds is 5. The van der Waals surface area contributed by atoms with Crippen molar-refractivity contribution in [3.8, 4) is 0 Å². The van der Waals surface area contributed by atoms with Crippen molar-refractivity contribution < 1.29 is 8.42 Å². The molecule has 25 heavy (non-hydrogen) atoms. The van der Waals surface area contributed by atoms with Crippen LogP contribution in [0.3, 0.4) is 0 Å². The Bertz CT molecular complexity index is 686. The molecule has 0 saturated carbocycles. The average Bonchev–Trinajstić information content (AvgIpc) is 2.91. The summed E-state index contributed by atoms with van der Waals surface area (Å²) in [5.74, 6) is 0.999. The molecule has 0 aliphatic carbocycles. The van der Waals surface area contributed by atoms with E-state index in [9.17, 15) is 8.42 Å². The van der Waals surface area contributed by atoms with E-state index < -0.39 is 14.6 Å². The van der Waals surface area contributed by atoms with Crippen molar-refractivity contribution in [2.24, 2.45) is 4.99 Å². The maximum absolute atomic E-state index is 12.2. The molecule has 1 N–H and O–H groups in total. The zero-order chi connectivity index (χ0) is 17.8. The van der Waals surface area contributed by atoms with Gasteiger partial charge in [-0.05, 0) is 34.1 Å². The van der Waals surface area contributed by atoms with E-state index in [2.05, 4.69) is 25.6 Å². The molecule has 0 bridgehead atoms. The van der Waals surface area contributed by atoms with Crippen LogP contribution in [-0.4, -0.2) is 60.9 Å². The van der Waals surface area contributed by atoms with Crippen molar-refractivity contribution in [2.45, 2.75) is 45.3 Å². The second-order valence-corrected chi connectivity index (χ2v) is 10.4. The third-order valence-electron chi connectivity index (χ3n) is 4.15. The lowest BCUT2D eigenvalue weighted by Gasteiger charge is -2.39. The normalized spacial score (nSPS) is 19.4. The first kappa shape index (κ1) is 22.6. The third kappa shape index (κ3) is 6.06. The Morgan fingerprint density at radius 3 is 2.76 bits per heavy atom. The minimum atomic E-state index is -3.03. The van der Waals surface area contributed by atoms with Gasteiger partial charge in [-0.1, -0.05) is 0 Å². The molecule has 1 fully saturated rings. The van der Waals surface area contributed by atoms with E-state index in [1.54, 1.807) is 25.2 Å². The van der Waals surface area contributed by atoms with Crippen LogP contribution in [-0.2, 0) is 16.3 Å². The van der Waals surface area contributed by atoms with Gasteiger partial charge in [0.15, 0.2) is 15.8 Å². The largest absolute Gasteiger partial charge is 0.357 e. The molecule has 0 amide bonds. The van der Waals surface area contributed by atoms with E-state index in [1.807, 2.05) is 13.8 Å². The SMILES string of the molecule is CCNC(=NCCCc1nc(C)cs1)N1CCS(=O)(=O)C(C)(C)C1.I. The fourth-order valence-electron chi connectivity index (χ4n) is 2.68. The first-order valence-electron chi connectivity index (χ1n) is 8.42. The van der Waals surface area contributed by atoms with E-state index in [4.69, 9.17) is 0 Å². The number of aromatic nitrogens is 1. The lowest BCUT2D eigenvalue weighted by molar-refractivity contribution is 0.353. The van der Waals surface area contributed by atoms with Gasteiger partial charge in [0.25, 0.3) is 0 Å². The molecule has 9 heteroatoms. The second-order valence-electron chi connectivity index (χ2n) is 6.72. The maximum atomic E-state index is 12.2. The summed E-state index contributed by atoms with van der Waals surface area (Å²) in [6, 6.07) is 0. The number of nitrogens with one attached hydrogen (secondary N) is 1. The van der Waals surface area contributed by atoms with E-state index in [0.29, 0.717) is 19.6 Å². The standard InChI is InChI=1S/C16H28N4O2S2.HI/c1-5-17-15(18-8-6-7-14-19-13(2)11-23-14)20-9-10-24(21,22)16(3,4)12-20;/h11H,5-10,12H2,1-4H3,(H,17,18);1H. The van der Waals surface area contributed by atoms with Gasteiger partial charge < -0.3 is 10.2 Å². The number of thiazole rings is 1. The van der Waals surface area contributed by atoms with Crippen molar-refractivity contribution in [3.63, 3.8) is 0 Å². The molecule has 144 valence electrons. The molecule has 1 aromatic rings. The molecule has 0 aromatic carbocycles. The first-order valence-corrected chi connectivity index (χ1v) is 10.9.